The Hall–Kier alpha value is -3.45. The number of nitrogens with zero attached hydrogens (tertiary/aromatic N) is 1. The molecular weight excluding hydrogens is 464 g/mol. The number of carbonyl (C=O) groups is 2. The third-order valence-corrected chi connectivity index (χ3v) is 5.86. The average molecular weight is 494 g/mol. The minimum absolute atomic E-state index is 0.223. The molecule has 1 heterocycles. The number of rotatable bonds is 8. The molecule has 0 saturated heterocycles. The number of ether oxygens (including phenoxy) is 1. The highest BCUT2D eigenvalue weighted by Gasteiger charge is 2.31. The number of aromatic nitrogens is 1. The van der Waals surface area contributed by atoms with E-state index in [2.05, 4.69) is 0 Å². The van der Waals surface area contributed by atoms with Gasteiger partial charge in [0.15, 0.2) is 12.0 Å². The number of carbonyl (C=O) groups excluding carboxylic acids is 2. The number of ketones is 1. The lowest BCUT2D eigenvalue weighted by atomic mass is 9.92. The molecule has 5 nitrogen and oxygen atoms in total. The maximum atomic E-state index is 14.8. The highest BCUT2D eigenvalue weighted by atomic mass is 19.1. The van der Waals surface area contributed by atoms with Gasteiger partial charge >= 0.3 is 5.97 Å². The van der Waals surface area contributed by atoms with Crippen LogP contribution in [0.1, 0.15) is 57.2 Å². The van der Waals surface area contributed by atoms with Crippen molar-refractivity contribution in [3.63, 3.8) is 0 Å². The number of benzene rings is 2. The van der Waals surface area contributed by atoms with E-state index in [-0.39, 0.29) is 11.7 Å². The van der Waals surface area contributed by atoms with Crippen LogP contribution in [0.3, 0.4) is 0 Å². The first-order valence-corrected chi connectivity index (χ1v) is 12.0. The smallest absolute Gasteiger partial charge is 0.313 e. The van der Waals surface area contributed by atoms with Crippen LogP contribution < -0.4 is 0 Å². The maximum absolute atomic E-state index is 14.8. The van der Waals surface area contributed by atoms with Gasteiger partial charge < -0.3 is 9.84 Å². The number of para-hydroxylation sites is 1. The third kappa shape index (κ3) is 6.02. The normalized spacial score (nSPS) is 15.7. The van der Waals surface area contributed by atoms with E-state index >= 15 is 0 Å². The van der Waals surface area contributed by atoms with Crippen LogP contribution in [0.15, 0.2) is 54.6 Å². The summed E-state index contributed by atoms with van der Waals surface area (Å²) in [6, 6.07) is 13.7. The number of hydrogen-bond acceptors (Lipinski definition) is 5. The first-order valence-electron chi connectivity index (χ1n) is 12.0. The van der Waals surface area contributed by atoms with E-state index in [9.17, 15) is 23.5 Å². The van der Waals surface area contributed by atoms with Gasteiger partial charge in [-0.3, -0.25) is 14.6 Å². The van der Waals surface area contributed by atoms with Crippen molar-refractivity contribution >= 4 is 28.7 Å². The fourth-order valence-corrected chi connectivity index (χ4v) is 4.11. The molecule has 1 aliphatic rings. The van der Waals surface area contributed by atoms with Crippen LogP contribution in [-0.4, -0.2) is 39.7 Å². The van der Waals surface area contributed by atoms with Gasteiger partial charge in [0.2, 0.25) is 0 Å². The van der Waals surface area contributed by atoms with Crippen LogP contribution in [0, 0.1) is 5.82 Å². The number of hydrogen-bond donors (Lipinski definition) is 1. The first kappa shape index (κ1) is 25.6. The molecule has 4 rings (SSSR count). The highest BCUT2D eigenvalue weighted by Crippen LogP contribution is 2.45. The molecule has 0 radical (unpaired) electrons. The molecule has 0 aliphatic heterocycles. The van der Waals surface area contributed by atoms with Gasteiger partial charge in [-0.25, -0.2) is 8.78 Å². The molecule has 0 bridgehead atoms. The minimum Gasteiger partial charge on any atom is -0.460 e. The fourth-order valence-electron chi connectivity index (χ4n) is 4.11. The number of esters is 1. The fraction of sp³-hybridized carbons (Fsp3) is 0.345. The predicted molar refractivity (Wildman–Crippen MR) is 135 cm³/mol. The Bertz CT molecular complexity index is 1310. The van der Waals surface area contributed by atoms with E-state index in [1.54, 1.807) is 39.0 Å². The van der Waals surface area contributed by atoms with Gasteiger partial charge in [0.05, 0.1) is 11.2 Å². The zero-order valence-corrected chi connectivity index (χ0v) is 20.5. The number of aliphatic hydroxyl groups is 1. The molecule has 36 heavy (non-hydrogen) atoms. The van der Waals surface area contributed by atoms with Crippen molar-refractivity contribution in [2.45, 2.75) is 63.8 Å². The molecule has 0 spiro atoms. The summed E-state index contributed by atoms with van der Waals surface area (Å²) in [5, 5.41) is 11.3. The van der Waals surface area contributed by atoms with Crippen molar-refractivity contribution in [3.05, 3.63) is 71.7 Å². The second-order valence-corrected chi connectivity index (χ2v) is 10.1. The summed E-state index contributed by atoms with van der Waals surface area (Å²) in [7, 11) is 0. The number of aliphatic hydroxyl groups excluding tert-OH is 1. The maximum Gasteiger partial charge on any atom is 0.313 e. The molecule has 188 valence electrons. The molecule has 1 saturated carbocycles. The summed E-state index contributed by atoms with van der Waals surface area (Å²) in [6.45, 7) is 4.94. The molecule has 7 heteroatoms. The Morgan fingerprint density at radius 2 is 1.81 bits per heavy atom. The molecule has 1 fully saturated rings. The Kier molecular flexibility index (Phi) is 7.31. The largest absolute Gasteiger partial charge is 0.460 e. The van der Waals surface area contributed by atoms with E-state index in [0.717, 1.165) is 40.6 Å². The molecule has 1 aliphatic carbocycles. The summed E-state index contributed by atoms with van der Waals surface area (Å²) >= 11 is 0. The van der Waals surface area contributed by atoms with Crippen molar-refractivity contribution in [3.8, 4) is 11.1 Å². The molecule has 1 N–H and O–H groups in total. The average Bonchev–Trinajstić information content (AvgIpc) is 3.66. The van der Waals surface area contributed by atoms with Crippen molar-refractivity contribution in [1.29, 1.82) is 0 Å². The standard InChI is InChI=1S/C29H29F2NO4/c1-29(2,3)36-25(35)16-24(34)27(31)23(33)15-14-21-26(17-10-12-19(30)13-11-17)20-6-4-5-7-22(20)32-28(21)18-8-9-18/h4-7,10-15,18,23,27,33H,8-9,16H2,1-3H3/b15-14+. The molecule has 2 atom stereocenters. The Morgan fingerprint density at radius 1 is 1.14 bits per heavy atom. The number of Topliss-reactive ketones (excluding diaryl/α,β-unsaturated/α-hetero) is 1. The van der Waals surface area contributed by atoms with Crippen LogP contribution in [0.25, 0.3) is 28.1 Å². The highest BCUT2D eigenvalue weighted by molar-refractivity contribution is 6.00. The van der Waals surface area contributed by atoms with Gasteiger partial charge in [0.1, 0.15) is 23.9 Å². The van der Waals surface area contributed by atoms with Crippen LogP contribution in [0.2, 0.25) is 0 Å². The van der Waals surface area contributed by atoms with Gasteiger partial charge in [-0.1, -0.05) is 42.5 Å². The molecule has 2 aromatic carbocycles. The molecule has 1 aromatic heterocycles. The van der Waals surface area contributed by atoms with E-state index in [1.807, 2.05) is 24.3 Å². The number of halogens is 2. The lowest BCUT2D eigenvalue weighted by molar-refractivity contribution is -0.157. The van der Waals surface area contributed by atoms with Crippen LogP contribution >= 0.6 is 0 Å². The topological polar surface area (TPSA) is 76.5 Å². The van der Waals surface area contributed by atoms with E-state index in [4.69, 9.17) is 9.72 Å². The summed E-state index contributed by atoms with van der Waals surface area (Å²) in [5.41, 5.74) is 3.03. The summed E-state index contributed by atoms with van der Waals surface area (Å²) in [4.78, 5) is 29.0. The second-order valence-electron chi connectivity index (χ2n) is 10.1. The number of alkyl halides is 1. The number of pyridine rings is 1. The number of fused-ring (bicyclic) bond motifs is 1. The van der Waals surface area contributed by atoms with Crippen molar-refractivity contribution < 1.29 is 28.2 Å². The van der Waals surface area contributed by atoms with E-state index < -0.39 is 36.1 Å². The lowest BCUT2D eigenvalue weighted by Crippen LogP contribution is -2.32. The quantitative estimate of drug-likeness (QED) is 0.311. The van der Waals surface area contributed by atoms with Crippen LogP contribution in [-0.2, 0) is 14.3 Å². The summed E-state index contributed by atoms with van der Waals surface area (Å²) in [6.07, 6.45) is -0.128. The van der Waals surface area contributed by atoms with Crippen molar-refractivity contribution in [2.24, 2.45) is 0 Å². The minimum atomic E-state index is -2.29. The Labute approximate surface area is 208 Å². The van der Waals surface area contributed by atoms with Crippen LogP contribution in [0.5, 0.6) is 0 Å². The SMILES string of the molecule is CC(C)(C)OC(=O)CC(=O)C(F)C(O)/C=C/c1c(C2CC2)nc2ccccc2c1-c1ccc(F)cc1. The predicted octanol–water partition coefficient (Wildman–Crippen LogP) is 5.93. The lowest BCUT2D eigenvalue weighted by Gasteiger charge is -2.20. The van der Waals surface area contributed by atoms with Crippen molar-refractivity contribution in [2.75, 3.05) is 0 Å². The molecule has 3 aromatic rings. The van der Waals surface area contributed by atoms with Crippen LogP contribution in [0.4, 0.5) is 8.78 Å². The zero-order valence-electron chi connectivity index (χ0n) is 20.5. The first-order chi connectivity index (χ1) is 17.0. The molecule has 2 unspecified atom stereocenters. The Morgan fingerprint density at radius 3 is 2.44 bits per heavy atom. The van der Waals surface area contributed by atoms with E-state index in [0.29, 0.717) is 5.56 Å². The van der Waals surface area contributed by atoms with Gasteiger partial charge in [0, 0.05) is 22.4 Å². The van der Waals surface area contributed by atoms with Gasteiger partial charge in [-0.05, 0) is 57.4 Å². The van der Waals surface area contributed by atoms with Crippen molar-refractivity contribution in [1.82, 2.24) is 4.98 Å². The van der Waals surface area contributed by atoms with E-state index in [1.165, 1.54) is 18.2 Å². The molecule has 0 amide bonds. The second kappa shape index (κ2) is 10.3. The molecular formula is C29H29F2NO4. The third-order valence-electron chi connectivity index (χ3n) is 5.86. The van der Waals surface area contributed by atoms with Gasteiger partial charge in [-0.2, -0.15) is 0 Å². The van der Waals surface area contributed by atoms with Gasteiger partial charge in [0.25, 0.3) is 0 Å². The summed E-state index contributed by atoms with van der Waals surface area (Å²) in [5.74, 6) is -2.05. The monoisotopic (exact) mass is 493 g/mol. The Balaban J connectivity index is 1.68. The summed E-state index contributed by atoms with van der Waals surface area (Å²) < 4.78 is 33.5. The van der Waals surface area contributed by atoms with Gasteiger partial charge in [-0.15, -0.1) is 0 Å². The zero-order chi connectivity index (χ0) is 26.0.